The van der Waals surface area contributed by atoms with Gasteiger partial charge in [-0.2, -0.15) is 5.10 Å². The summed E-state index contributed by atoms with van der Waals surface area (Å²) in [5, 5.41) is 10.6. The number of nitrogens with zero attached hydrogens (tertiary/aromatic N) is 2. The number of carbonyl (C=O) groups is 1. The third kappa shape index (κ3) is 3.18. The zero-order chi connectivity index (χ0) is 15.4. The molecular weight excluding hydrogens is 280 g/mol. The van der Waals surface area contributed by atoms with Crippen LogP contribution in [0, 0.1) is 0 Å². The molecule has 1 amide bonds. The summed E-state index contributed by atoms with van der Waals surface area (Å²) in [7, 11) is 1.53. The third-order valence-corrected chi connectivity index (χ3v) is 3.84. The molecule has 0 radical (unpaired) electrons. The van der Waals surface area contributed by atoms with Crippen molar-refractivity contribution < 1.29 is 9.53 Å². The van der Waals surface area contributed by atoms with Crippen LogP contribution in [0.5, 0.6) is 0 Å². The summed E-state index contributed by atoms with van der Waals surface area (Å²) in [4.78, 5) is 12.4. The van der Waals surface area contributed by atoms with E-state index >= 15 is 0 Å². The zero-order valence-corrected chi connectivity index (χ0v) is 12.5. The lowest BCUT2D eigenvalue weighted by atomic mass is 10.1. The molecule has 2 atom stereocenters. The lowest BCUT2D eigenvalue weighted by Crippen LogP contribution is -2.23. The summed E-state index contributed by atoms with van der Waals surface area (Å²) < 4.78 is 7.22. The van der Waals surface area contributed by atoms with E-state index in [1.165, 1.54) is 7.11 Å². The highest BCUT2D eigenvalue weighted by molar-refractivity contribution is 5.94. The number of anilines is 1. The lowest BCUT2D eigenvalue weighted by Gasteiger charge is -2.14. The maximum absolute atomic E-state index is 12.4. The van der Waals surface area contributed by atoms with E-state index in [4.69, 9.17) is 4.74 Å². The number of rotatable bonds is 5. The van der Waals surface area contributed by atoms with E-state index in [1.807, 2.05) is 47.3 Å². The van der Waals surface area contributed by atoms with Crippen molar-refractivity contribution in [3.63, 3.8) is 0 Å². The second-order valence-electron chi connectivity index (χ2n) is 5.34. The molecule has 0 bridgehead atoms. The van der Waals surface area contributed by atoms with Crippen LogP contribution in [0.15, 0.2) is 42.6 Å². The normalized spacial score (nSPS) is 19.0. The number of methoxy groups -OCH3 is 1. The van der Waals surface area contributed by atoms with Crippen molar-refractivity contribution >= 4 is 11.7 Å². The summed E-state index contributed by atoms with van der Waals surface area (Å²) in [5.41, 5.74) is 0.821. The van der Waals surface area contributed by atoms with Crippen LogP contribution in [-0.4, -0.2) is 35.9 Å². The van der Waals surface area contributed by atoms with Crippen molar-refractivity contribution in [3.05, 3.63) is 48.2 Å². The van der Waals surface area contributed by atoms with E-state index in [0.29, 0.717) is 11.9 Å². The van der Waals surface area contributed by atoms with Gasteiger partial charge < -0.3 is 15.4 Å². The number of hydrogen-bond donors (Lipinski definition) is 2. The average molecular weight is 300 g/mol. The van der Waals surface area contributed by atoms with E-state index < -0.39 is 6.10 Å². The van der Waals surface area contributed by atoms with Crippen molar-refractivity contribution in [3.8, 4) is 0 Å². The van der Waals surface area contributed by atoms with Crippen LogP contribution < -0.4 is 10.6 Å². The van der Waals surface area contributed by atoms with Gasteiger partial charge in [-0.15, -0.1) is 0 Å². The molecule has 1 fully saturated rings. The van der Waals surface area contributed by atoms with Crippen LogP contribution in [0.1, 0.15) is 24.1 Å². The van der Waals surface area contributed by atoms with E-state index in [-0.39, 0.29) is 5.91 Å². The molecule has 0 saturated carbocycles. The van der Waals surface area contributed by atoms with E-state index in [0.717, 1.165) is 25.1 Å². The highest BCUT2D eigenvalue weighted by Crippen LogP contribution is 2.20. The third-order valence-electron chi connectivity index (χ3n) is 3.84. The molecule has 1 aliphatic heterocycles. The number of carbonyl (C=O) groups excluding carboxylic acids is 1. The Morgan fingerprint density at radius 1 is 1.41 bits per heavy atom. The maximum Gasteiger partial charge on any atom is 0.259 e. The molecule has 1 saturated heterocycles. The summed E-state index contributed by atoms with van der Waals surface area (Å²) in [6, 6.07) is 11.6. The predicted octanol–water partition coefficient (Wildman–Crippen LogP) is 1.74. The standard InChI is InChI=1S/C16H20N4O2/c1-22-15(12-5-3-2-4-6-12)16(21)18-14-8-10-20(19-14)13-7-9-17-11-13/h2-6,8,10,13,15,17H,7,9,11H2,1H3,(H,18,19,21)/t13-,15-/m1/s1. The van der Waals surface area contributed by atoms with Gasteiger partial charge in [0.1, 0.15) is 0 Å². The Morgan fingerprint density at radius 2 is 2.23 bits per heavy atom. The molecule has 0 spiro atoms. The van der Waals surface area contributed by atoms with Gasteiger partial charge in [0.15, 0.2) is 11.9 Å². The first-order chi connectivity index (χ1) is 10.8. The van der Waals surface area contributed by atoms with E-state index in [1.54, 1.807) is 0 Å². The van der Waals surface area contributed by atoms with Crippen LogP contribution in [0.3, 0.4) is 0 Å². The summed E-state index contributed by atoms with van der Waals surface area (Å²) in [6.07, 6.45) is 2.32. The van der Waals surface area contributed by atoms with Crippen LogP contribution in [-0.2, 0) is 9.53 Å². The number of ether oxygens (including phenoxy) is 1. The quantitative estimate of drug-likeness (QED) is 0.882. The number of hydrogen-bond acceptors (Lipinski definition) is 4. The second-order valence-corrected chi connectivity index (χ2v) is 5.34. The molecule has 2 aromatic rings. The van der Waals surface area contributed by atoms with Gasteiger partial charge in [0, 0.05) is 25.9 Å². The molecule has 1 aromatic carbocycles. The van der Waals surface area contributed by atoms with Crippen LogP contribution in [0.25, 0.3) is 0 Å². The number of benzene rings is 1. The molecule has 116 valence electrons. The van der Waals surface area contributed by atoms with Crippen molar-refractivity contribution in [2.24, 2.45) is 0 Å². The van der Waals surface area contributed by atoms with Crippen LogP contribution in [0.4, 0.5) is 5.82 Å². The number of amides is 1. The summed E-state index contributed by atoms with van der Waals surface area (Å²) >= 11 is 0. The minimum atomic E-state index is -0.639. The first-order valence-electron chi connectivity index (χ1n) is 7.42. The van der Waals surface area contributed by atoms with Crippen molar-refractivity contribution in [1.29, 1.82) is 0 Å². The molecule has 0 aliphatic carbocycles. The average Bonchev–Trinajstić information content (AvgIpc) is 3.20. The predicted molar refractivity (Wildman–Crippen MR) is 83.6 cm³/mol. The minimum Gasteiger partial charge on any atom is -0.367 e. The Labute approximate surface area is 129 Å². The molecule has 3 rings (SSSR count). The Kier molecular flexibility index (Phi) is 4.50. The van der Waals surface area contributed by atoms with Gasteiger partial charge >= 0.3 is 0 Å². The highest BCUT2D eigenvalue weighted by atomic mass is 16.5. The Hall–Kier alpha value is -2.18. The van der Waals surface area contributed by atoms with Gasteiger partial charge in [0.2, 0.25) is 0 Å². The Bertz CT molecular complexity index is 620. The fraction of sp³-hybridized carbons (Fsp3) is 0.375. The van der Waals surface area contributed by atoms with E-state index in [2.05, 4.69) is 15.7 Å². The molecule has 6 nitrogen and oxygen atoms in total. The van der Waals surface area contributed by atoms with Gasteiger partial charge in [-0.25, -0.2) is 0 Å². The SMILES string of the molecule is CO[C@@H](C(=O)Nc1ccn([C@@H]2CCNC2)n1)c1ccccc1. The van der Waals surface area contributed by atoms with Crippen molar-refractivity contribution in [1.82, 2.24) is 15.1 Å². The lowest BCUT2D eigenvalue weighted by molar-refractivity contribution is -0.126. The van der Waals surface area contributed by atoms with Crippen LogP contribution >= 0.6 is 0 Å². The van der Waals surface area contributed by atoms with E-state index in [9.17, 15) is 4.79 Å². The fourth-order valence-corrected chi connectivity index (χ4v) is 2.69. The van der Waals surface area contributed by atoms with Gasteiger partial charge in [-0.05, 0) is 18.5 Å². The van der Waals surface area contributed by atoms with Gasteiger partial charge in [-0.3, -0.25) is 9.48 Å². The molecule has 2 N–H and O–H groups in total. The first kappa shape index (κ1) is 14.7. The molecule has 1 aliphatic rings. The summed E-state index contributed by atoms with van der Waals surface area (Å²) in [6.45, 7) is 1.92. The second kappa shape index (κ2) is 6.72. The molecule has 6 heteroatoms. The van der Waals surface area contributed by atoms with Crippen molar-refractivity contribution in [2.45, 2.75) is 18.6 Å². The molecule has 22 heavy (non-hydrogen) atoms. The number of aromatic nitrogens is 2. The molecule has 0 unspecified atom stereocenters. The zero-order valence-electron chi connectivity index (χ0n) is 12.5. The highest BCUT2D eigenvalue weighted by Gasteiger charge is 2.22. The molecular formula is C16H20N4O2. The minimum absolute atomic E-state index is 0.219. The monoisotopic (exact) mass is 300 g/mol. The van der Waals surface area contributed by atoms with Gasteiger partial charge in [-0.1, -0.05) is 30.3 Å². The molecule has 1 aromatic heterocycles. The molecule has 2 heterocycles. The fourth-order valence-electron chi connectivity index (χ4n) is 2.69. The van der Waals surface area contributed by atoms with Crippen LogP contribution in [0.2, 0.25) is 0 Å². The smallest absolute Gasteiger partial charge is 0.259 e. The topological polar surface area (TPSA) is 68.2 Å². The largest absolute Gasteiger partial charge is 0.367 e. The Morgan fingerprint density at radius 3 is 2.91 bits per heavy atom. The summed E-state index contributed by atoms with van der Waals surface area (Å²) in [5.74, 6) is 0.332. The first-order valence-corrected chi connectivity index (χ1v) is 7.42. The van der Waals surface area contributed by atoms with Crippen molar-refractivity contribution in [2.75, 3.05) is 25.5 Å². The van der Waals surface area contributed by atoms with Gasteiger partial charge in [0.05, 0.1) is 6.04 Å². The Balaban J connectivity index is 1.68. The maximum atomic E-state index is 12.4. The van der Waals surface area contributed by atoms with Gasteiger partial charge in [0.25, 0.3) is 5.91 Å². The number of nitrogens with one attached hydrogen (secondary N) is 2.